The summed E-state index contributed by atoms with van der Waals surface area (Å²) in [7, 11) is 0. The number of carboxylic acid groups (broad SMARTS) is 1. The van der Waals surface area contributed by atoms with Crippen molar-refractivity contribution in [3.63, 3.8) is 0 Å². The molecule has 1 unspecified atom stereocenters. The van der Waals surface area contributed by atoms with Crippen LogP contribution in [0.3, 0.4) is 0 Å². The van der Waals surface area contributed by atoms with E-state index in [1.165, 1.54) is 0 Å². The summed E-state index contributed by atoms with van der Waals surface area (Å²) in [6.07, 6.45) is 7.98. The van der Waals surface area contributed by atoms with Gasteiger partial charge in [0.2, 0.25) is 0 Å². The minimum Gasteiger partial charge on any atom is -0.546 e. The average Bonchev–Trinajstić information content (AvgIpc) is 2.53. The molecule has 0 bridgehead atoms. The molecule has 140 valence electrons. The number of carbonyl (C=O) groups is 2. The van der Waals surface area contributed by atoms with Gasteiger partial charge in [0.05, 0.1) is 11.4 Å². The Kier molecular flexibility index (Phi) is 12.3. The molecule has 25 heavy (non-hydrogen) atoms. The molecule has 1 rings (SSSR count). The van der Waals surface area contributed by atoms with Gasteiger partial charge in [-0.15, -0.1) is 0 Å². The first kappa shape index (κ1) is 24.9. The summed E-state index contributed by atoms with van der Waals surface area (Å²) in [5, 5.41) is 11.4. The number of aliphatic carboxylic acids is 1. The maximum Gasteiger partial charge on any atom is 1.00 e. The Morgan fingerprint density at radius 2 is 1.68 bits per heavy atom. The van der Waals surface area contributed by atoms with Crippen molar-refractivity contribution in [3.05, 3.63) is 0 Å². The van der Waals surface area contributed by atoms with Crippen molar-refractivity contribution < 1.29 is 49.0 Å². The van der Waals surface area contributed by atoms with Crippen LogP contribution < -0.4 is 34.7 Å². The van der Waals surface area contributed by atoms with Crippen molar-refractivity contribution in [3.8, 4) is 0 Å². The molecule has 0 spiro atoms. The maximum atomic E-state index is 12.8. The van der Waals surface area contributed by atoms with Crippen LogP contribution in [0.15, 0.2) is 0 Å². The Balaban J connectivity index is 0.00000576. The second-order valence-electron chi connectivity index (χ2n) is 7.91. The fourth-order valence-electron chi connectivity index (χ4n) is 3.70. The summed E-state index contributed by atoms with van der Waals surface area (Å²) in [5.74, 6) is -0.807. The maximum absolute atomic E-state index is 12.8. The van der Waals surface area contributed by atoms with Crippen molar-refractivity contribution in [1.82, 2.24) is 0 Å². The zero-order chi connectivity index (χ0) is 18.2. The van der Waals surface area contributed by atoms with E-state index in [0.717, 1.165) is 57.8 Å². The summed E-state index contributed by atoms with van der Waals surface area (Å²) in [5.41, 5.74) is -0.525. The predicted molar refractivity (Wildman–Crippen MR) is 93.2 cm³/mol. The molecule has 1 fully saturated rings. The molecule has 0 aromatic carbocycles. The fraction of sp³-hybridized carbons (Fsp3) is 0.900. The Morgan fingerprint density at radius 3 is 2.16 bits per heavy atom. The largest absolute Gasteiger partial charge is 1.00 e. The summed E-state index contributed by atoms with van der Waals surface area (Å²) in [6, 6.07) is 0. The topological polar surface area (TPSA) is 66.4 Å². The molecule has 1 aliphatic rings. The van der Waals surface area contributed by atoms with Gasteiger partial charge in [-0.3, -0.25) is 4.79 Å². The van der Waals surface area contributed by atoms with Gasteiger partial charge in [-0.2, -0.15) is 0 Å². The van der Waals surface area contributed by atoms with Crippen LogP contribution in [0.25, 0.3) is 0 Å². The van der Waals surface area contributed by atoms with Gasteiger partial charge in [0.1, 0.15) is 6.10 Å². The predicted octanol–water partition coefficient (Wildman–Crippen LogP) is 0.865. The standard InChI is InChI=1S/C20H36O4.Na/c1-5-6-7-8-9-10-17(18(21)22)24-19(23)20(15(2)3)13-11-16(4)12-14-20;/h15-17H,5-14H2,1-4H3,(H,21,22);/q;+1/p-1. The Hall–Kier alpha value is -0.0600. The van der Waals surface area contributed by atoms with Gasteiger partial charge in [0.15, 0.2) is 0 Å². The number of esters is 1. The molecule has 5 heteroatoms. The number of unbranched alkanes of at least 4 members (excludes halogenated alkanes) is 4. The van der Waals surface area contributed by atoms with Crippen LogP contribution in [0.4, 0.5) is 0 Å². The van der Waals surface area contributed by atoms with E-state index in [1.807, 2.05) is 13.8 Å². The normalized spacial score (nSPS) is 24.4. The Bertz CT molecular complexity index is 401. The van der Waals surface area contributed by atoms with Crippen LogP contribution in [-0.2, 0) is 14.3 Å². The Labute approximate surface area is 175 Å². The van der Waals surface area contributed by atoms with Crippen LogP contribution in [0.2, 0.25) is 0 Å². The van der Waals surface area contributed by atoms with Gasteiger partial charge < -0.3 is 14.6 Å². The third-order valence-electron chi connectivity index (χ3n) is 5.76. The van der Waals surface area contributed by atoms with Crippen molar-refractivity contribution in [2.24, 2.45) is 17.3 Å². The smallest absolute Gasteiger partial charge is 0.546 e. The van der Waals surface area contributed by atoms with Crippen molar-refractivity contribution >= 4 is 11.9 Å². The number of rotatable bonds is 10. The second kappa shape index (κ2) is 12.3. The molecule has 0 heterocycles. The zero-order valence-corrected chi connectivity index (χ0v) is 18.9. The van der Waals surface area contributed by atoms with E-state index in [9.17, 15) is 14.7 Å². The summed E-state index contributed by atoms with van der Waals surface area (Å²) in [4.78, 5) is 24.2. The van der Waals surface area contributed by atoms with Crippen LogP contribution in [0.1, 0.15) is 91.9 Å². The van der Waals surface area contributed by atoms with Gasteiger partial charge in [-0.25, -0.2) is 0 Å². The van der Waals surface area contributed by atoms with E-state index >= 15 is 0 Å². The van der Waals surface area contributed by atoms with Gasteiger partial charge in [-0.05, 0) is 50.4 Å². The molecule has 1 atom stereocenters. The molecule has 0 N–H and O–H groups in total. The van der Waals surface area contributed by atoms with Crippen LogP contribution >= 0.6 is 0 Å². The quantitative estimate of drug-likeness (QED) is 0.329. The first-order valence-corrected chi connectivity index (χ1v) is 9.75. The van der Waals surface area contributed by atoms with Crippen LogP contribution in [-0.4, -0.2) is 18.0 Å². The van der Waals surface area contributed by atoms with Crippen molar-refractivity contribution in [2.75, 3.05) is 0 Å². The van der Waals surface area contributed by atoms with E-state index in [-0.39, 0.29) is 41.4 Å². The van der Waals surface area contributed by atoms with Gasteiger partial charge in [0.25, 0.3) is 0 Å². The summed E-state index contributed by atoms with van der Waals surface area (Å²) >= 11 is 0. The van der Waals surface area contributed by atoms with Crippen LogP contribution in [0, 0.1) is 17.3 Å². The third kappa shape index (κ3) is 7.60. The average molecular weight is 362 g/mol. The summed E-state index contributed by atoms with van der Waals surface area (Å²) in [6.45, 7) is 8.42. The summed E-state index contributed by atoms with van der Waals surface area (Å²) < 4.78 is 5.46. The molecule has 0 saturated heterocycles. The molecule has 0 amide bonds. The molecule has 1 aliphatic carbocycles. The fourth-order valence-corrected chi connectivity index (χ4v) is 3.70. The van der Waals surface area contributed by atoms with Gasteiger partial charge in [-0.1, -0.05) is 53.4 Å². The monoisotopic (exact) mass is 362 g/mol. The SMILES string of the molecule is CCCCCCCC(OC(=O)C1(C(C)C)CCC(C)CC1)C(=O)[O-].[Na+]. The molecule has 0 radical (unpaired) electrons. The van der Waals surface area contributed by atoms with E-state index in [0.29, 0.717) is 12.3 Å². The number of carboxylic acids is 1. The van der Waals surface area contributed by atoms with E-state index < -0.39 is 17.5 Å². The third-order valence-corrected chi connectivity index (χ3v) is 5.76. The minimum absolute atomic E-state index is 0. The van der Waals surface area contributed by atoms with E-state index in [1.54, 1.807) is 0 Å². The first-order chi connectivity index (χ1) is 11.3. The molecule has 4 nitrogen and oxygen atoms in total. The Morgan fingerprint density at radius 1 is 1.12 bits per heavy atom. The number of ether oxygens (including phenoxy) is 1. The molecular weight excluding hydrogens is 327 g/mol. The number of hydrogen-bond donors (Lipinski definition) is 0. The van der Waals surface area contributed by atoms with Gasteiger partial charge in [0, 0.05) is 0 Å². The first-order valence-electron chi connectivity index (χ1n) is 9.75. The molecular formula is C20H35NaO4. The molecule has 0 aromatic heterocycles. The van der Waals surface area contributed by atoms with E-state index in [4.69, 9.17) is 4.74 Å². The van der Waals surface area contributed by atoms with Gasteiger partial charge >= 0.3 is 35.5 Å². The molecule has 0 aromatic rings. The minimum atomic E-state index is -1.26. The second-order valence-corrected chi connectivity index (χ2v) is 7.91. The van der Waals surface area contributed by atoms with Crippen molar-refractivity contribution in [1.29, 1.82) is 0 Å². The zero-order valence-electron chi connectivity index (χ0n) is 16.9. The number of hydrogen-bond acceptors (Lipinski definition) is 4. The molecule has 1 saturated carbocycles. The van der Waals surface area contributed by atoms with E-state index in [2.05, 4.69) is 13.8 Å². The van der Waals surface area contributed by atoms with Crippen molar-refractivity contribution in [2.45, 2.75) is 98.0 Å². The van der Waals surface area contributed by atoms with Crippen LogP contribution in [0.5, 0.6) is 0 Å². The molecule has 0 aliphatic heterocycles. The number of carbonyl (C=O) groups excluding carboxylic acids is 2.